The highest BCUT2D eigenvalue weighted by Crippen LogP contribution is 2.16. The van der Waals surface area contributed by atoms with Crippen LogP contribution < -0.4 is 5.73 Å². The van der Waals surface area contributed by atoms with Crippen LogP contribution in [-0.4, -0.2) is 31.1 Å². The molecule has 22 heavy (non-hydrogen) atoms. The van der Waals surface area contributed by atoms with Crippen molar-refractivity contribution < 1.29 is 9.13 Å². The molecule has 6 heteroatoms. The maximum Gasteiger partial charge on any atom is 0.191 e. The van der Waals surface area contributed by atoms with Gasteiger partial charge in [-0.05, 0) is 36.5 Å². The minimum Gasteiger partial charge on any atom is -0.380 e. The van der Waals surface area contributed by atoms with Gasteiger partial charge in [0.1, 0.15) is 5.82 Å². The van der Waals surface area contributed by atoms with E-state index in [9.17, 15) is 4.39 Å². The minimum absolute atomic E-state index is 0. The number of guanidine groups is 1. The van der Waals surface area contributed by atoms with Gasteiger partial charge in [-0.15, -0.1) is 24.0 Å². The first-order valence-corrected chi connectivity index (χ1v) is 7.41. The molecule has 1 atom stereocenters. The zero-order chi connectivity index (χ0) is 15.2. The maximum absolute atomic E-state index is 13.5. The third-order valence-electron chi connectivity index (χ3n) is 3.81. The van der Waals surface area contributed by atoms with E-state index in [-0.39, 0.29) is 36.4 Å². The van der Waals surface area contributed by atoms with Crippen molar-refractivity contribution in [3.8, 4) is 0 Å². The Morgan fingerprint density at radius 1 is 1.50 bits per heavy atom. The molecule has 1 aliphatic heterocycles. The van der Waals surface area contributed by atoms with E-state index in [0.29, 0.717) is 24.0 Å². The third-order valence-corrected chi connectivity index (χ3v) is 3.81. The fourth-order valence-electron chi connectivity index (χ4n) is 2.66. The lowest BCUT2D eigenvalue weighted by Gasteiger charge is -2.31. The molecule has 1 saturated heterocycles. The number of halogens is 2. The number of nitrogens with two attached hydrogens (primary N) is 1. The van der Waals surface area contributed by atoms with Gasteiger partial charge in [0.05, 0.1) is 13.2 Å². The molecule has 2 rings (SSSR count). The quantitative estimate of drug-likeness (QED) is 0.462. The SMILES string of the molecule is COCc1cc(CN=C(N)N2CCCC(C)C2)ccc1F.I. The van der Waals surface area contributed by atoms with Crippen LogP contribution in [0.2, 0.25) is 0 Å². The molecule has 1 aromatic rings. The van der Waals surface area contributed by atoms with Gasteiger partial charge in [-0.3, -0.25) is 0 Å². The van der Waals surface area contributed by atoms with Gasteiger partial charge in [0.15, 0.2) is 5.96 Å². The number of ether oxygens (including phenoxy) is 1. The first kappa shape index (κ1) is 19.2. The third kappa shape index (κ3) is 5.39. The summed E-state index contributed by atoms with van der Waals surface area (Å²) in [6.45, 7) is 4.90. The predicted molar refractivity (Wildman–Crippen MR) is 97.8 cm³/mol. The van der Waals surface area contributed by atoms with Crippen molar-refractivity contribution in [3.63, 3.8) is 0 Å². The van der Waals surface area contributed by atoms with Crippen LogP contribution in [0.3, 0.4) is 0 Å². The highest BCUT2D eigenvalue weighted by Gasteiger charge is 2.17. The number of nitrogens with zero attached hydrogens (tertiary/aromatic N) is 2. The van der Waals surface area contributed by atoms with Gasteiger partial charge in [0.25, 0.3) is 0 Å². The molecular weight excluding hydrogens is 396 g/mol. The van der Waals surface area contributed by atoms with E-state index in [4.69, 9.17) is 10.5 Å². The van der Waals surface area contributed by atoms with Crippen LogP contribution in [0.1, 0.15) is 30.9 Å². The number of aliphatic imine (C=N–C) groups is 1. The summed E-state index contributed by atoms with van der Waals surface area (Å²) >= 11 is 0. The topological polar surface area (TPSA) is 50.9 Å². The van der Waals surface area contributed by atoms with Crippen LogP contribution in [0.15, 0.2) is 23.2 Å². The second-order valence-corrected chi connectivity index (χ2v) is 5.73. The zero-order valence-electron chi connectivity index (χ0n) is 13.2. The van der Waals surface area contributed by atoms with E-state index in [1.807, 2.05) is 0 Å². The highest BCUT2D eigenvalue weighted by atomic mass is 127. The monoisotopic (exact) mass is 421 g/mol. The summed E-state index contributed by atoms with van der Waals surface area (Å²) < 4.78 is 18.5. The van der Waals surface area contributed by atoms with Gasteiger partial charge in [0.2, 0.25) is 0 Å². The van der Waals surface area contributed by atoms with Crippen molar-refractivity contribution in [2.75, 3.05) is 20.2 Å². The minimum atomic E-state index is -0.248. The van der Waals surface area contributed by atoms with Gasteiger partial charge in [-0.25, -0.2) is 9.38 Å². The van der Waals surface area contributed by atoms with Crippen molar-refractivity contribution >= 4 is 29.9 Å². The van der Waals surface area contributed by atoms with Crippen LogP contribution in [-0.2, 0) is 17.9 Å². The summed E-state index contributed by atoms with van der Waals surface area (Å²) in [6.07, 6.45) is 2.41. The normalized spacial score (nSPS) is 19.0. The molecule has 1 unspecified atom stereocenters. The number of hydrogen-bond acceptors (Lipinski definition) is 2. The number of hydrogen-bond donors (Lipinski definition) is 1. The van der Waals surface area contributed by atoms with Crippen molar-refractivity contribution in [3.05, 3.63) is 35.1 Å². The van der Waals surface area contributed by atoms with Crippen molar-refractivity contribution in [2.45, 2.75) is 32.9 Å². The Kier molecular flexibility index (Phi) is 8.09. The largest absolute Gasteiger partial charge is 0.380 e. The first-order valence-electron chi connectivity index (χ1n) is 7.41. The molecule has 0 aliphatic carbocycles. The molecular formula is C16H25FIN3O. The van der Waals surface area contributed by atoms with E-state index >= 15 is 0 Å². The molecule has 0 aromatic heterocycles. The fraction of sp³-hybridized carbons (Fsp3) is 0.562. The summed E-state index contributed by atoms with van der Waals surface area (Å²) in [6, 6.07) is 4.98. The lowest BCUT2D eigenvalue weighted by molar-refractivity contribution is 0.181. The van der Waals surface area contributed by atoms with Crippen molar-refractivity contribution in [1.29, 1.82) is 0 Å². The summed E-state index contributed by atoms with van der Waals surface area (Å²) in [4.78, 5) is 6.57. The average Bonchev–Trinajstić information content (AvgIpc) is 2.48. The second kappa shape index (κ2) is 9.29. The Labute approximate surface area is 148 Å². The van der Waals surface area contributed by atoms with Gasteiger partial charge >= 0.3 is 0 Å². The maximum atomic E-state index is 13.5. The lowest BCUT2D eigenvalue weighted by atomic mass is 10.0. The molecule has 1 aliphatic rings. The molecule has 2 N–H and O–H groups in total. The van der Waals surface area contributed by atoms with E-state index in [2.05, 4.69) is 16.8 Å². The fourth-order valence-corrected chi connectivity index (χ4v) is 2.66. The van der Waals surface area contributed by atoms with E-state index in [1.54, 1.807) is 19.2 Å². The predicted octanol–water partition coefficient (Wildman–Crippen LogP) is 3.14. The van der Waals surface area contributed by atoms with Crippen LogP contribution in [0.25, 0.3) is 0 Å². The summed E-state index contributed by atoms with van der Waals surface area (Å²) in [5.41, 5.74) is 7.55. The Hall–Kier alpha value is -0.890. The molecule has 1 fully saturated rings. The van der Waals surface area contributed by atoms with Crippen LogP contribution in [0, 0.1) is 11.7 Å². The summed E-state index contributed by atoms with van der Waals surface area (Å²) in [7, 11) is 1.56. The number of likely N-dealkylation sites (tertiary alicyclic amines) is 1. The number of piperidine rings is 1. The van der Waals surface area contributed by atoms with Crippen molar-refractivity contribution in [1.82, 2.24) is 4.90 Å². The van der Waals surface area contributed by atoms with E-state index in [0.717, 1.165) is 25.1 Å². The number of rotatable bonds is 4. The molecule has 1 heterocycles. The Morgan fingerprint density at radius 2 is 2.27 bits per heavy atom. The molecule has 4 nitrogen and oxygen atoms in total. The van der Waals surface area contributed by atoms with Gasteiger partial charge in [0, 0.05) is 25.8 Å². The molecule has 0 amide bonds. The van der Waals surface area contributed by atoms with Gasteiger partial charge in [-0.1, -0.05) is 13.0 Å². The molecule has 1 aromatic carbocycles. The molecule has 124 valence electrons. The Balaban J connectivity index is 0.00000242. The number of benzene rings is 1. The summed E-state index contributed by atoms with van der Waals surface area (Å²) in [5.74, 6) is 0.994. The van der Waals surface area contributed by atoms with E-state index < -0.39 is 0 Å². The molecule has 0 radical (unpaired) electrons. The highest BCUT2D eigenvalue weighted by molar-refractivity contribution is 14.0. The van der Waals surface area contributed by atoms with Crippen LogP contribution in [0.5, 0.6) is 0 Å². The van der Waals surface area contributed by atoms with Crippen LogP contribution in [0.4, 0.5) is 4.39 Å². The van der Waals surface area contributed by atoms with Gasteiger partial charge < -0.3 is 15.4 Å². The summed E-state index contributed by atoms with van der Waals surface area (Å²) in [5, 5.41) is 0. The van der Waals surface area contributed by atoms with E-state index in [1.165, 1.54) is 12.5 Å². The lowest BCUT2D eigenvalue weighted by Crippen LogP contribution is -2.43. The Morgan fingerprint density at radius 3 is 2.95 bits per heavy atom. The molecule has 0 saturated carbocycles. The van der Waals surface area contributed by atoms with Crippen molar-refractivity contribution in [2.24, 2.45) is 16.6 Å². The number of methoxy groups -OCH3 is 1. The molecule has 0 spiro atoms. The van der Waals surface area contributed by atoms with Gasteiger partial charge in [-0.2, -0.15) is 0 Å². The zero-order valence-corrected chi connectivity index (χ0v) is 15.5. The smallest absolute Gasteiger partial charge is 0.191 e. The second-order valence-electron chi connectivity index (χ2n) is 5.73. The van der Waals surface area contributed by atoms with Crippen LogP contribution >= 0.6 is 24.0 Å². The Bertz CT molecular complexity index is 510. The standard InChI is InChI=1S/C16H24FN3O.HI/c1-12-4-3-7-20(10-12)16(18)19-9-13-5-6-15(17)14(8-13)11-21-2;/h5-6,8,12H,3-4,7,9-11H2,1-2H3,(H2,18,19);1H. The molecule has 0 bridgehead atoms. The average molecular weight is 421 g/mol. The first-order chi connectivity index (χ1) is 10.1.